The molecule has 1 heterocycles. The molecular weight excluding hydrogens is 278 g/mol. The summed E-state index contributed by atoms with van der Waals surface area (Å²) in [7, 11) is 0. The van der Waals surface area contributed by atoms with E-state index in [1.54, 1.807) is 6.92 Å². The van der Waals surface area contributed by atoms with Gasteiger partial charge in [-0.1, -0.05) is 23.7 Å². The SMILES string of the molecule is CCOC(=O)NC1=NCC(c2ccc(Cl)cc2)N1CC. The molecule has 1 aliphatic rings. The van der Waals surface area contributed by atoms with E-state index in [1.807, 2.05) is 36.1 Å². The van der Waals surface area contributed by atoms with Gasteiger partial charge in [0.25, 0.3) is 0 Å². The largest absolute Gasteiger partial charge is 0.450 e. The fourth-order valence-corrected chi connectivity index (χ4v) is 2.35. The summed E-state index contributed by atoms with van der Waals surface area (Å²) in [5, 5.41) is 3.39. The number of rotatable bonds is 3. The molecule has 0 aliphatic carbocycles. The lowest BCUT2D eigenvalue weighted by Crippen LogP contribution is -2.42. The highest BCUT2D eigenvalue weighted by atomic mass is 35.5. The number of carbonyl (C=O) groups is 1. The monoisotopic (exact) mass is 295 g/mol. The van der Waals surface area contributed by atoms with Crippen molar-refractivity contribution in [2.24, 2.45) is 4.99 Å². The van der Waals surface area contributed by atoms with E-state index in [0.717, 1.165) is 12.1 Å². The Balaban J connectivity index is 2.08. The van der Waals surface area contributed by atoms with Gasteiger partial charge in [0.15, 0.2) is 0 Å². The van der Waals surface area contributed by atoms with Crippen LogP contribution in [0.2, 0.25) is 5.02 Å². The Morgan fingerprint density at radius 1 is 1.45 bits per heavy atom. The van der Waals surface area contributed by atoms with Gasteiger partial charge in [0.05, 0.1) is 19.2 Å². The van der Waals surface area contributed by atoms with Crippen LogP contribution in [-0.4, -0.2) is 36.6 Å². The maximum Gasteiger partial charge on any atom is 0.413 e. The molecule has 0 fully saturated rings. The fourth-order valence-electron chi connectivity index (χ4n) is 2.22. The number of halogens is 1. The predicted molar refractivity (Wildman–Crippen MR) is 79.0 cm³/mol. The molecule has 0 saturated heterocycles. The van der Waals surface area contributed by atoms with Gasteiger partial charge < -0.3 is 9.64 Å². The molecule has 1 aromatic carbocycles. The van der Waals surface area contributed by atoms with Crippen molar-refractivity contribution in [1.29, 1.82) is 0 Å². The molecule has 20 heavy (non-hydrogen) atoms. The lowest BCUT2D eigenvalue weighted by Gasteiger charge is -2.26. The van der Waals surface area contributed by atoms with Crippen LogP contribution < -0.4 is 5.32 Å². The van der Waals surface area contributed by atoms with E-state index in [0.29, 0.717) is 24.1 Å². The molecule has 0 spiro atoms. The van der Waals surface area contributed by atoms with E-state index in [-0.39, 0.29) is 6.04 Å². The molecule has 108 valence electrons. The molecule has 1 aromatic rings. The van der Waals surface area contributed by atoms with Gasteiger partial charge in [-0.2, -0.15) is 0 Å². The van der Waals surface area contributed by atoms with Gasteiger partial charge in [0, 0.05) is 11.6 Å². The molecule has 0 radical (unpaired) electrons. The minimum absolute atomic E-state index is 0.120. The van der Waals surface area contributed by atoms with Crippen LogP contribution in [-0.2, 0) is 4.74 Å². The van der Waals surface area contributed by atoms with E-state index in [9.17, 15) is 4.79 Å². The predicted octanol–water partition coefficient (Wildman–Crippen LogP) is 2.82. The van der Waals surface area contributed by atoms with Crippen LogP contribution in [0.5, 0.6) is 0 Å². The lowest BCUT2D eigenvalue weighted by atomic mass is 10.1. The summed E-state index contributed by atoms with van der Waals surface area (Å²) in [6, 6.07) is 7.81. The molecule has 0 saturated carbocycles. The average Bonchev–Trinajstić information content (AvgIpc) is 2.82. The minimum atomic E-state index is -0.471. The third-order valence-corrected chi connectivity index (χ3v) is 3.40. The second-order valence-electron chi connectivity index (χ2n) is 4.36. The average molecular weight is 296 g/mol. The van der Waals surface area contributed by atoms with Crippen LogP contribution in [0.4, 0.5) is 4.79 Å². The smallest absolute Gasteiger partial charge is 0.413 e. The molecule has 2 rings (SSSR count). The molecule has 1 atom stereocenters. The van der Waals surface area contributed by atoms with Crippen LogP contribution in [0.15, 0.2) is 29.3 Å². The third-order valence-electron chi connectivity index (χ3n) is 3.15. The first kappa shape index (κ1) is 14.7. The van der Waals surface area contributed by atoms with E-state index < -0.39 is 6.09 Å². The van der Waals surface area contributed by atoms with Crippen molar-refractivity contribution in [2.45, 2.75) is 19.9 Å². The van der Waals surface area contributed by atoms with E-state index in [2.05, 4.69) is 10.3 Å². The Morgan fingerprint density at radius 2 is 2.15 bits per heavy atom. The van der Waals surface area contributed by atoms with Crippen molar-refractivity contribution in [1.82, 2.24) is 10.2 Å². The Bertz CT molecular complexity index is 502. The van der Waals surface area contributed by atoms with Gasteiger partial charge >= 0.3 is 6.09 Å². The third kappa shape index (κ3) is 3.22. The molecule has 1 N–H and O–H groups in total. The van der Waals surface area contributed by atoms with Crippen LogP contribution >= 0.6 is 11.6 Å². The minimum Gasteiger partial charge on any atom is -0.450 e. The normalized spacial score (nSPS) is 17.9. The number of carbonyl (C=O) groups excluding carboxylic acids is 1. The number of nitrogens with zero attached hydrogens (tertiary/aromatic N) is 2. The first-order valence-electron chi connectivity index (χ1n) is 6.66. The topological polar surface area (TPSA) is 53.9 Å². The maximum absolute atomic E-state index is 11.5. The molecule has 5 nitrogen and oxygen atoms in total. The number of hydrogen-bond acceptors (Lipinski definition) is 4. The number of amides is 1. The number of benzene rings is 1. The molecule has 1 amide bonds. The van der Waals surface area contributed by atoms with E-state index in [4.69, 9.17) is 16.3 Å². The van der Waals surface area contributed by atoms with Gasteiger partial charge in [0.2, 0.25) is 5.96 Å². The zero-order chi connectivity index (χ0) is 14.5. The highest BCUT2D eigenvalue weighted by Gasteiger charge is 2.29. The number of guanidine groups is 1. The number of likely N-dealkylation sites (N-methyl/N-ethyl adjacent to an activating group) is 1. The number of alkyl carbamates (subject to hydrolysis) is 1. The molecule has 6 heteroatoms. The van der Waals surface area contributed by atoms with Crippen LogP contribution in [0.3, 0.4) is 0 Å². The van der Waals surface area contributed by atoms with Crippen LogP contribution in [0.25, 0.3) is 0 Å². The number of hydrogen-bond donors (Lipinski definition) is 1. The zero-order valence-corrected chi connectivity index (χ0v) is 12.4. The summed E-state index contributed by atoms with van der Waals surface area (Å²) in [6.45, 7) is 5.49. The van der Waals surface area contributed by atoms with Gasteiger partial charge in [-0.3, -0.25) is 10.3 Å². The van der Waals surface area contributed by atoms with Crippen molar-refractivity contribution in [3.63, 3.8) is 0 Å². The number of nitrogens with one attached hydrogen (secondary N) is 1. The Labute approximate surface area is 123 Å². The fraction of sp³-hybridized carbons (Fsp3) is 0.429. The van der Waals surface area contributed by atoms with Crippen molar-refractivity contribution in [3.05, 3.63) is 34.9 Å². The summed E-state index contributed by atoms with van der Waals surface area (Å²) < 4.78 is 4.88. The summed E-state index contributed by atoms with van der Waals surface area (Å²) in [5.41, 5.74) is 1.13. The zero-order valence-electron chi connectivity index (χ0n) is 11.6. The first-order valence-corrected chi connectivity index (χ1v) is 7.03. The Kier molecular flexibility index (Phi) is 4.84. The van der Waals surface area contributed by atoms with Crippen LogP contribution in [0.1, 0.15) is 25.5 Å². The lowest BCUT2D eigenvalue weighted by molar-refractivity contribution is 0.156. The van der Waals surface area contributed by atoms with Gasteiger partial charge in [0.1, 0.15) is 0 Å². The highest BCUT2D eigenvalue weighted by Crippen LogP contribution is 2.26. The molecule has 0 aromatic heterocycles. The maximum atomic E-state index is 11.5. The van der Waals surface area contributed by atoms with E-state index in [1.165, 1.54) is 0 Å². The van der Waals surface area contributed by atoms with Crippen molar-refractivity contribution < 1.29 is 9.53 Å². The van der Waals surface area contributed by atoms with Gasteiger partial charge in [-0.15, -0.1) is 0 Å². The molecule has 1 aliphatic heterocycles. The quantitative estimate of drug-likeness (QED) is 0.933. The first-order chi connectivity index (χ1) is 9.65. The summed E-state index contributed by atoms with van der Waals surface area (Å²) in [4.78, 5) is 17.9. The standard InChI is InChI=1S/C14H18ClN3O2/c1-3-18-12(10-5-7-11(15)8-6-10)9-16-13(18)17-14(19)20-4-2/h5-8,12H,3-4,9H2,1-2H3,(H,16,17,19). The van der Waals surface area contributed by atoms with Gasteiger partial charge in [-0.05, 0) is 31.5 Å². The highest BCUT2D eigenvalue weighted by molar-refractivity contribution is 6.30. The molecule has 0 bridgehead atoms. The summed E-state index contributed by atoms with van der Waals surface area (Å²) >= 11 is 5.91. The summed E-state index contributed by atoms with van der Waals surface area (Å²) in [5.74, 6) is 0.561. The molecular formula is C14H18ClN3O2. The van der Waals surface area contributed by atoms with Crippen molar-refractivity contribution in [3.8, 4) is 0 Å². The van der Waals surface area contributed by atoms with Gasteiger partial charge in [-0.25, -0.2) is 4.79 Å². The molecule has 1 unspecified atom stereocenters. The summed E-state index contributed by atoms with van der Waals surface area (Å²) in [6.07, 6.45) is -0.471. The Morgan fingerprint density at radius 3 is 2.75 bits per heavy atom. The van der Waals surface area contributed by atoms with Crippen LogP contribution in [0, 0.1) is 0 Å². The van der Waals surface area contributed by atoms with Crippen molar-refractivity contribution >= 4 is 23.7 Å². The van der Waals surface area contributed by atoms with E-state index >= 15 is 0 Å². The number of aliphatic imine (C=N–C) groups is 1. The second-order valence-corrected chi connectivity index (χ2v) is 4.80. The number of ether oxygens (including phenoxy) is 1. The second kappa shape index (κ2) is 6.61. The van der Waals surface area contributed by atoms with Crippen molar-refractivity contribution in [2.75, 3.05) is 19.7 Å². The Hall–Kier alpha value is -1.75.